The summed E-state index contributed by atoms with van der Waals surface area (Å²) >= 11 is 2.25. The van der Waals surface area contributed by atoms with E-state index in [1.807, 2.05) is 84.9 Å². The molecule has 1 unspecified atom stereocenters. The fourth-order valence-electron chi connectivity index (χ4n) is 5.86. The fourth-order valence-corrected chi connectivity index (χ4v) is 6.22. The summed E-state index contributed by atoms with van der Waals surface area (Å²) in [5.41, 5.74) is 2.88. The summed E-state index contributed by atoms with van der Waals surface area (Å²) in [7, 11) is 1.61. The van der Waals surface area contributed by atoms with Crippen LogP contribution in [0.3, 0.4) is 0 Å². The zero-order valence-electron chi connectivity index (χ0n) is 34.4. The molecular formula is C47H49IO10. The van der Waals surface area contributed by atoms with Gasteiger partial charge in [0.2, 0.25) is 0 Å². The third kappa shape index (κ3) is 12.5. The number of hydrogen-bond donors (Lipinski definition) is 0. The Hall–Kier alpha value is -5.56. The maximum absolute atomic E-state index is 13.3. The van der Waals surface area contributed by atoms with E-state index in [0.717, 1.165) is 31.4 Å². The molecule has 0 heterocycles. The summed E-state index contributed by atoms with van der Waals surface area (Å²) in [4.78, 5) is 39.0. The number of benzene rings is 5. The van der Waals surface area contributed by atoms with Crippen molar-refractivity contribution in [1.82, 2.24) is 0 Å². The molecule has 10 nitrogen and oxygen atoms in total. The zero-order chi connectivity index (χ0) is 42.4. The van der Waals surface area contributed by atoms with Crippen molar-refractivity contribution < 1.29 is 47.5 Å². The van der Waals surface area contributed by atoms with Crippen LogP contribution in [0.4, 0.5) is 14.4 Å². The van der Waals surface area contributed by atoms with Crippen molar-refractivity contribution in [2.45, 2.75) is 85.0 Å². The van der Waals surface area contributed by atoms with Gasteiger partial charge in [-0.15, -0.1) is 0 Å². The van der Waals surface area contributed by atoms with Crippen molar-refractivity contribution >= 4 is 41.1 Å². The third-order valence-electron chi connectivity index (χ3n) is 8.21. The lowest BCUT2D eigenvalue weighted by Gasteiger charge is -2.26. The highest BCUT2D eigenvalue weighted by Crippen LogP contribution is 2.45. The van der Waals surface area contributed by atoms with Crippen molar-refractivity contribution in [3.05, 3.63) is 129 Å². The van der Waals surface area contributed by atoms with Crippen LogP contribution in [0.2, 0.25) is 0 Å². The lowest BCUT2D eigenvalue weighted by atomic mass is 9.82. The first-order valence-electron chi connectivity index (χ1n) is 18.7. The highest BCUT2D eigenvalue weighted by Gasteiger charge is 2.30. The van der Waals surface area contributed by atoms with E-state index in [-0.39, 0.29) is 11.5 Å². The molecule has 0 aromatic heterocycles. The van der Waals surface area contributed by atoms with Crippen LogP contribution in [-0.2, 0) is 14.2 Å². The van der Waals surface area contributed by atoms with Crippen LogP contribution < -0.4 is 18.9 Å². The van der Waals surface area contributed by atoms with Gasteiger partial charge in [0.05, 0.1) is 7.11 Å². The first-order chi connectivity index (χ1) is 27.2. The molecule has 0 saturated heterocycles. The molecule has 5 aromatic rings. The van der Waals surface area contributed by atoms with Gasteiger partial charge < -0.3 is 33.2 Å². The summed E-state index contributed by atoms with van der Waals surface area (Å²) in [6, 6.07) is 33.5. The van der Waals surface area contributed by atoms with E-state index in [2.05, 4.69) is 22.6 Å². The molecule has 0 bridgehead atoms. The Morgan fingerprint density at radius 3 is 1.21 bits per heavy atom. The highest BCUT2D eigenvalue weighted by molar-refractivity contribution is 14.1. The molecule has 0 radical (unpaired) electrons. The molecular weight excluding hydrogens is 851 g/mol. The van der Waals surface area contributed by atoms with E-state index < -0.39 is 41.2 Å². The third-order valence-corrected chi connectivity index (χ3v) is 8.93. The van der Waals surface area contributed by atoms with Crippen molar-refractivity contribution in [3.63, 3.8) is 0 Å². The summed E-state index contributed by atoms with van der Waals surface area (Å²) in [5.74, 6) is 0.798. The van der Waals surface area contributed by atoms with Gasteiger partial charge in [0.1, 0.15) is 39.8 Å². The molecule has 0 aliphatic carbocycles. The molecule has 5 rings (SSSR count). The normalized spacial score (nSPS) is 12.2. The van der Waals surface area contributed by atoms with Gasteiger partial charge in [-0.1, -0.05) is 48.5 Å². The van der Waals surface area contributed by atoms with Crippen LogP contribution >= 0.6 is 22.6 Å². The Kier molecular flexibility index (Phi) is 13.5. The SMILES string of the molecule is COc1ccc(-c2ccc(OC(=O)OC(C)(C)C)c(C(c3ccc(I)cc3)c3cc(-c4ccc(OC(=O)OC(C)(C)C)cc4)ccc3OC(=O)OC(C)(C)C)c2)cc1. The predicted molar refractivity (Wildman–Crippen MR) is 231 cm³/mol. The topological polar surface area (TPSA) is 116 Å². The van der Waals surface area contributed by atoms with Crippen molar-refractivity contribution in [2.75, 3.05) is 7.11 Å². The maximum atomic E-state index is 13.3. The number of halogens is 1. The second-order valence-electron chi connectivity index (χ2n) is 16.4. The average Bonchev–Trinajstić information content (AvgIpc) is 3.11. The van der Waals surface area contributed by atoms with Crippen molar-refractivity contribution in [3.8, 4) is 45.3 Å². The Morgan fingerprint density at radius 2 is 0.828 bits per heavy atom. The Morgan fingerprint density at radius 1 is 0.466 bits per heavy atom. The number of ether oxygens (including phenoxy) is 7. The molecule has 0 aliphatic rings. The first kappa shape index (κ1) is 43.6. The maximum Gasteiger partial charge on any atom is 0.514 e. The molecule has 58 heavy (non-hydrogen) atoms. The van der Waals surface area contributed by atoms with Gasteiger partial charge in [-0.25, -0.2) is 14.4 Å². The molecule has 1 atom stereocenters. The Labute approximate surface area is 353 Å². The van der Waals surface area contributed by atoms with E-state index in [0.29, 0.717) is 22.6 Å². The second kappa shape index (κ2) is 17.9. The fraction of sp³-hybridized carbons (Fsp3) is 0.298. The number of carbonyl (C=O) groups excluding carboxylic acids is 3. The van der Waals surface area contributed by atoms with Crippen LogP contribution in [-0.4, -0.2) is 42.4 Å². The largest absolute Gasteiger partial charge is 0.514 e. The second-order valence-corrected chi connectivity index (χ2v) is 17.7. The monoisotopic (exact) mass is 900 g/mol. The molecule has 5 aromatic carbocycles. The van der Waals surface area contributed by atoms with Crippen molar-refractivity contribution in [1.29, 1.82) is 0 Å². The van der Waals surface area contributed by atoms with Gasteiger partial charge in [0.15, 0.2) is 0 Å². The number of methoxy groups -OCH3 is 1. The summed E-state index contributed by atoms with van der Waals surface area (Å²) in [5, 5.41) is 0. The minimum atomic E-state index is -0.885. The van der Waals surface area contributed by atoms with Gasteiger partial charge >= 0.3 is 18.5 Å². The minimum absolute atomic E-state index is 0.226. The van der Waals surface area contributed by atoms with Gasteiger partial charge in [-0.2, -0.15) is 0 Å². The molecule has 0 amide bonds. The summed E-state index contributed by atoms with van der Waals surface area (Å²) < 4.78 is 40.4. The average molecular weight is 901 g/mol. The molecule has 0 fully saturated rings. The summed E-state index contributed by atoms with van der Waals surface area (Å²) in [6.45, 7) is 15.8. The lowest BCUT2D eigenvalue weighted by molar-refractivity contribution is 0.0191. The number of carbonyl (C=O) groups is 3. The highest BCUT2D eigenvalue weighted by atomic mass is 127. The van der Waals surface area contributed by atoms with Gasteiger partial charge in [-0.3, -0.25) is 0 Å². The molecule has 0 N–H and O–H groups in total. The zero-order valence-corrected chi connectivity index (χ0v) is 36.6. The van der Waals surface area contributed by atoms with E-state index >= 15 is 0 Å². The van der Waals surface area contributed by atoms with E-state index in [1.54, 1.807) is 93.7 Å². The Bertz CT molecular complexity index is 2230. The molecule has 304 valence electrons. The minimum Gasteiger partial charge on any atom is -0.497 e. The van der Waals surface area contributed by atoms with E-state index in [1.165, 1.54) is 0 Å². The van der Waals surface area contributed by atoms with Gasteiger partial charge in [0.25, 0.3) is 0 Å². The Balaban J connectivity index is 1.73. The van der Waals surface area contributed by atoms with Gasteiger partial charge in [0, 0.05) is 20.6 Å². The lowest BCUT2D eigenvalue weighted by Crippen LogP contribution is -2.26. The van der Waals surface area contributed by atoms with Crippen LogP contribution in [0.25, 0.3) is 22.3 Å². The van der Waals surface area contributed by atoms with E-state index in [9.17, 15) is 14.4 Å². The number of hydrogen-bond acceptors (Lipinski definition) is 10. The van der Waals surface area contributed by atoms with Crippen LogP contribution in [0.15, 0.2) is 109 Å². The van der Waals surface area contributed by atoms with E-state index in [4.69, 9.17) is 33.2 Å². The smallest absolute Gasteiger partial charge is 0.497 e. The van der Waals surface area contributed by atoms with Crippen LogP contribution in [0.5, 0.6) is 23.0 Å². The van der Waals surface area contributed by atoms with Crippen LogP contribution in [0, 0.1) is 3.57 Å². The molecule has 11 heteroatoms. The summed E-state index contributed by atoms with van der Waals surface area (Å²) in [6.07, 6.45) is -2.57. The van der Waals surface area contributed by atoms with Crippen LogP contribution in [0.1, 0.15) is 84.9 Å². The molecule has 0 saturated carbocycles. The molecule has 0 aliphatic heterocycles. The molecule has 0 spiro atoms. The first-order valence-corrected chi connectivity index (χ1v) is 19.7. The van der Waals surface area contributed by atoms with Gasteiger partial charge in [-0.05, 0) is 173 Å². The van der Waals surface area contributed by atoms with Crippen molar-refractivity contribution in [2.24, 2.45) is 0 Å². The predicted octanol–water partition coefficient (Wildman–Crippen LogP) is 12.8. The quantitative estimate of drug-likeness (QED) is 0.0465. The standard InChI is InChI=1S/C47H49IO10/c1-45(2,3)56-42(49)53-36-23-15-30(16-24-36)33-18-26-40(55-44(51)58-47(7,8)9)38(28-33)41(31-11-19-34(48)20-12-31)37-27-32(29-13-21-35(52-10)22-14-29)17-25-39(37)54-43(50)57-46(4,5)6/h11-28,41H,1-10H3. The number of rotatable bonds is 9.